The van der Waals surface area contributed by atoms with Gasteiger partial charge in [-0.15, -0.1) is 0 Å². The molecule has 0 fully saturated rings. The third-order valence-electron chi connectivity index (χ3n) is 3.10. The third-order valence-corrected chi connectivity index (χ3v) is 4.45. The van der Waals surface area contributed by atoms with Gasteiger partial charge in [-0.2, -0.15) is 0 Å². The van der Waals surface area contributed by atoms with Gasteiger partial charge in [0.25, 0.3) is 10.0 Å². The Hall–Kier alpha value is -2.12. The summed E-state index contributed by atoms with van der Waals surface area (Å²) >= 11 is 0. The normalized spacial score (nSPS) is 11.2. The minimum absolute atomic E-state index is 0.102. The van der Waals surface area contributed by atoms with E-state index in [2.05, 4.69) is 15.1 Å². The lowest BCUT2D eigenvalue weighted by Gasteiger charge is -2.14. The van der Waals surface area contributed by atoms with Crippen LogP contribution in [0.3, 0.4) is 0 Å². The fourth-order valence-electron chi connectivity index (χ4n) is 2.19. The van der Waals surface area contributed by atoms with Crippen molar-refractivity contribution in [1.29, 1.82) is 0 Å². The summed E-state index contributed by atoms with van der Waals surface area (Å²) in [6.07, 6.45) is 1.39. The molecule has 2 rings (SSSR count). The molecule has 0 saturated heterocycles. The molecule has 2 aromatic rings. The number of hydrazine groups is 1. The van der Waals surface area contributed by atoms with Crippen LogP contribution in [0.4, 0.5) is 11.5 Å². The maximum Gasteiger partial charge on any atom is 0.262 e. The number of nitrogens with one attached hydrogen (secondary N) is 2. The zero-order valence-corrected chi connectivity index (χ0v) is 13.0. The number of nitrogen functional groups attached to an aromatic ring is 1. The van der Waals surface area contributed by atoms with E-state index >= 15 is 0 Å². The number of rotatable bonds is 4. The average Bonchev–Trinajstić information content (AvgIpc) is 2.43. The second-order valence-corrected chi connectivity index (χ2v) is 6.58. The molecule has 112 valence electrons. The van der Waals surface area contributed by atoms with Crippen LogP contribution in [0.1, 0.15) is 16.7 Å². The molecule has 6 nitrogen and oxygen atoms in total. The van der Waals surface area contributed by atoms with Crippen LogP contribution in [0.5, 0.6) is 0 Å². The molecule has 1 heterocycles. The summed E-state index contributed by atoms with van der Waals surface area (Å²) in [6.45, 7) is 5.72. The third kappa shape index (κ3) is 3.32. The first-order valence-corrected chi connectivity index (χ1v) is 7.85. The lowest BCUT2D eigenvalue weighted by molar-refractivity contribution is 0.601. The van der Waals surface area contributed by atoms with Gasteiger partial charge in [-0.1, -0.05) is 17.7 Å². The van der Waals surface area contributed by atoms with E-state index in [4.69, 9.17) is 5.84 Å². The predicted octanol–water partition coefficient (Wildman–Crippen LogP) is 2.09. The van der Waals surface area contributed by atoms with Crippen LogP contribution in [-0.4, -0.2) is 13.4 Å². The molecule has 7 heteroatoms. The molecule has 0 spiro atoms. The van der Waals surface area contributed by atoms with Gasteiger partial charge in [0.2, 0.25) is 0 Å². The number of aryl methyl sites for hydroxylation is 3. The molecule has 1 aromatic carbocycles. The van der Waals surface area contributed by atoms with Gasteiger partial charge >= 0.3 is 0 Å². The second kappa shape index (κ2) is 5.71. The van der Waals surface area contributed by atoms with Crippen molar-refractivity contribution in [3.05, 3.63) is 47.2 Å². The predicted molar refractivity (Wildman–Crippen MR) is 83.5 cm³/mol. The Labute approximate surface area is 124 Å². The van der Waals surface area contributed by atoms with Gasteiger partial charge in [0.1, 0.15) is 5.82 Å². The van der Waals surface area contributed by atoms with Gasteiger partial charge in [-0.25, -0.2) is 19.2 Å². The number of benzene rings is 1. The average molecular weight is 306 g/mol. The maximum atomic E-state index is 12.5. The highest BCUT2D eigenvalue weighted by Crippen LogP contribution is 2.25. The van der Waals surface area contributed by atoms with E-state index in [1.165, 1.54) is 18.3 Å². The van der Waals surface area contributed by atoms with Gasteiger partial charge in [0, 0.05) is 12.3 Å². The molecule has 0 radical (unpaired) electrons. The molecule has 4 N–H and O–H groups in total. The van der Waals surface area contributed by atoms with Gasteiger partial charge in [0.15, 0.2) is 0 Å². The Morgan fingerprint density at radius 2 is 1.71 bits per heavy atom. The van der Waals surface area contributed by atoms with E-state index in [0.29, 0.717) is 5.69 Å². The van der Waals surface area contributed by atoms with Crippen LogP contribution in [0, 0.1) is 20.8 Å². The number of sulfonamides is 1. The van der Waals surface area contributed by atoms with Crippen molar-refractivity contribution in [3.63, 3.8) is 0 Å². The van der Waals surface area contributed by atoms with Gasteiger partial charge in [0.05, 0.1) is 10.6 Å². The molecule has 0 atom stereocenters. The Balaban J connectivity index is 2.42. The molecule has 0 aliphatic rings. The van der Waals surface area contributed by atoms with Crippen molar-refractivity contribution in [2.24, 2.45) is 5.84 Å². The Morgan fingerprint density at radius 3 is 2.29 bits per heavy atom. The quantitative estimate of drug-likeness (QED) is 0.593. The van der Waals surface area contributed by atoms with Crippen molar-refractivity contribution < 1.29 is 8.42 Å². The van der Waals surface area contributed by atoms with E-state index in [9.17, 15) is 8.42 Å². The van der Waals surface area contributed by atoms with E-state index in [1.807, 2.05) is 32.9 Å². The topological polar surface area (TPSA) is 97.1 Å². The molecular formula is C14H18N4O2S. The number of nitrogens with two attached hydrogens (primary N) is 1. The SMILES string of the molecule is Cc1cc(C)c(NS(=O)(=O)c2ccnc(NN)c2)c(C)c1. The number of hydrogen-bond acceptors (Lipinski definition) is 5. The molecule has 0 aliphatic carbocycles. The lowest BCUT2D eigenvalue weighted by atomic mass is 10.1. The Morgan fingerprint density at radius 1 is 1.10 bits per heavy atom. The van der Waals surface area contributed by atoms with Crippen molar-refractivity contribution in [2.45, 2.75) is 25.7 Å². The molecular weight excluding hydrogens is 288 g/mol. The largest absolute Gasteiger partial charge is 0.308 e. The standard InChI is InChI=1S/C14H18N4O2S/c1-9-6-10(2)14(11(3)7-9)18-21(19,20)12-4-5-16-13(8-12)17-15/h4-8,18H,15H2,1-3H3,(H,16,17). The number of pyridine rings is 1. The fourth-order valence-corrected chi connectivity index (χ4v) is 3.41. The number of hydrogen-bond donors (Lipinski definition) is 3. The smallest absolute Gasteiger partial charge is 0.262 e. The van der Waals surface area contributed by atoms with Crippen LogP contribution >= 0.6 is 0 Å². The Kier molecular flexibility index (Phi) is 4.15. The van der Waals surface area contributed by atoms with E-state index in [1.54, 1.807) is 0 Å². The molecule has 0 unspecified atom stereocenters. The molecule has 0 saturated carbocycles. The van der Waals surface area contributed by atoms with Crippen LogP contribution in [0.15, 0.2) is 35.4 Å². The first-order chi connectivity index (χ1) is 9.83. The van der Waals surface area contributed by atoms with Crippen LogP contribution in [-0.2, 0) is 10.0 Å². The number of aromatic nitrogens is 1. The molecule has 0 amide bonds. The fraction of sp³-hybridized carbons (Fsp3) is 0.214. The minimum atomic E-state index is -3.69. The highest BCUT2D eigenvalue weighted by atomic mass is 32.2. The zero-order valence-electron chi connectivity index (χ0n) is 12.1. The molecule has 21 heavy (non-hydrogen) atoms. The monoisotopic (exact) mass is 306 g/mol. The maximum absolute atomic E-state index is 12.5. The highest BCUT2D eigenvalue weighted by molar-refractivity contribution is 7.92. The summed E-state index contributed by atoms with van der Waals surface area (Å²) < 4.78 is 27.5. The molecule has 0 bridgehead atoms. The second-order valence-electron chi connectivity index (χ2n) is 4.90. The van der Waals surface area contributed by atoms with Gasteiger partial charge in [-0.05, 0) is 38.0 Å². The number of anilines is 2. The van der Waals surface area contributed by atoms with Crippen molar-refractivity contribution in [1.82, 2.24) is 4.98 Å². The summed E-state index contributed by atoms with van der Waals surface area (Å²) in [7, 11) is -3.69. The summed E-state index contributed by atoms with van der Waals surface area (Å²) in [5, 5.41) is 0. The van der Waals surface area contributed by atoms with Gasteiger partial charge in [-0.3, -0.25) is 4.72 Å². The van der Waals surface area contributed by atoms with Crippen molar-refractivity contribution in [2.75, 3.05) is 10.1 Å². The summed E-state index contributed by atoms with van der Waals surface area (Å²) in [4.78, 5) is 4.00. The van der Waals surface area contributed by atoms with Crippen LogP contribution in [0.25, 0.3) is 0 Å². The van der Waals surface area contributed by atoms with Gasteiger partial charge < -0.3 is 5.43 Å². The van der Waals surface area contributed by atoms with Crippen molar-refractivity contribution in [3.8, 4) is 0 Å². The van der Waals surface area contributed by atoms with Crippen LogP contribution < -0.4 is 16.0 Å². The first kappa shape index (κ1) is 15.3. The molecule has 1 aromatic heterocycles. The summed E-state index contributed by atoms with van der Waals surface area (Å²) in [6, 6.07) is 6.66. The first-order valence-electron chi connectivity index (χ1n) is 6.37. The van der Waals surface area contributed by atoms with E-state index < -0.39 is 10.0 Å². The van der Waals surface area contributed by atoms with E-state index in [0.717, 1.165) is 16.7 Å². The minimum Gasteiger partial charge on any atom is -0.308 e. The van der Waals surface area contributed by atoms with Crippen LogP contribution in [0.2, 0.25) is 0 Å². The lowest BCUT2D eigenvalue weighted by Crippen LogP contribution is -2.16. The summed E-state index contributed by atoms with van der Waals surface area (Å²) in [5.41, 5.74) is 5.77. The Bertz CT molecular complexity index is 749. The van der Waals surface area contributed by atoms with Crippen molar-refractivity contribution >= 4 is 21.5 Å². The zero-order chi connectivity index (χ0) is 15.6. The summed E-state index contributed by atoms with van der Waals surface area (Å²) in [5.74, 6) is 5.54. The van der Waals surface area contributed by atoms with E-state index in [-0.39, 0.29) is 10.7 Å². The number of nitrogens with zero attached hydrogens (tertiary/aromatic N) is 1. The molecule has 0 aliphatic heterocycles. The highest BCUT2D eigenvalue weighted by Gasteiger charge is 2.17.